The molecule has 1 aromatic rings. The fourth-order valence-electron chi connectivity index (χ4n) is 10.9. The summed E-state index contributed by atoms with van der Waals surface area (Å²) in [4.78, 5) is 0. The maximum atomic E-state index is 2.59. The van der Waals surface area contributed by atoms with Gasteiger partial charge in [0.1, 0.15) is 0 Å². The van der Waals surface area contributed by atoms with E-state index >= 15 is 0 Å². The molecule has 0 heterocycles. The summed E-state index contributed by atoms with van der Waals surface area (Å²) in [6.07, 6.45) is 82.9. The topological polar surface area (TPSA) is 0 Å². The van der Waals surface area contributed by atoms with Gasteiger partial charge in [-0.1, -0.05) is 366 Å². The lowest BCUT2D eigenvalue weighted by molar-refractivity contribution is 0.515. The van der Waals surface area contributed by atoms with Gasteiger partial charge < -0.3 is 0 Å². The molecule has 0 unspecified atom stereocenters. The normalized spacial score (nSPS) is 11.7. The molecule has 0 spiro atoms. The third-order valence-corrected chi connectivity index (χ3v) is 15.6. The van der Waals surface area contributed by atoms with Crippen LogP contribution in [0, 0.1) is 0 Å². The van der Waals surface area contributed by atoms with Gasteiger partial charge in [0.05, 0.1) is 0 Å². The summed E-state index contributed by atoms with van der Waals surface area (Å²) in [7, 11) is 0. The molecule has 0 heteroatoms. The van der Waals surface area contributed by atoms with Crippen molar-refractivity contribution in [3.63, 3.8) is 0 Å². The van der Waals surface area contributed by atoms with Gasteiger partial charge in [0.15, 0.2) is 0 Å². The molecule has 0 bridgehead atoms. The van der Waals surface area contributed by atoms with Gasteiger partial charge >= 0.3 is 0 Å². The van der Waals surface area contributed by atoms with Crippen molar-refractivity contribution in [2.45, 2.75) is 387 Å². The summed E-state index contributed by atoms with van der Waals surface area (Å²) < 4.78 is 0. The maximum Gasteiger partial charge on any atom is -0.0279 e. The zero-order valence-electron chi connectivity index (χ0n) is 46.5. The second-order valence-corrected chi connectivity index (χ2v) is 22.4. The van der Waals surface area contributed by atoms with E-state index in [4.69, 9.17) is 0 Å². The first kappa shape index (κ1) is 63.2. The molecule has 0 aliphatic heterocycles. The molecular weight excluding hydrogens is 793 g/mol. The third kappa shape index (κ3) is 48.3. The Bertz CT molecular complexity index is 947. The minimum Gasteiger partial charge on any atom is -0.0654 e. The van der Waals surface area contributed by atoms with Crippen LogP contribution in [0.4, 0.5) is 0 Å². The summed E-state index contributed by atoms with van der Waals surface area (Å²) in [5.74, 6) is 0. The molecule has 1 aromatic carbocycles. The van der Waals surface area contributed by atoms with E-state index < -0.39 is 0 Å². The molecule has 1 rings (SSSR count). The molecule has 0 aromatic heterocycles. The Labute approximate surface area is 419 Å². The van der Waals surface area contributed by atoms with Crippen LogP contribution in [0.3, 0.4) is 0 Å². The summed E-state index contributed by atoms with van der Waals surface area (Å²) in [5.41, 5.74) is 4.89. The van der Waals surface area contributed by atoms with Crippen LogP contribution in [0.1, 0.15) is 384 Å². The van der Waals surface area contributed by atoms with Gasteiger partial charge in [-0.3, -0.25) is 0 Å². The molecule has 0 N–H and O–H groups in total. The second-order valence-electron chi connectivity index (χ2n) is 22.4. The van der Waals surface area contributed by atoms with Crippen LogP contribution in [-0.2, 0) is 19.3 Å². The Hall–Kier alpha value is -0.780. The van der Waals surface area contributed by atoms with Crippen LogP contribution in [0.15, 0.2) is 18.2 Å². The van der Waals surface area contributed by atoms with Crippen molar-refractivity contribution in [3.05, 3.63) is 34.9 Å². The molecule has 0 aliphatic carbocycles. The van der Waals surface area contributed by atoms with Crippen molar-refractivity contribution < 1.29 is 0 Å². The number of unbranched alkanes of at least 4 members (excludes halogenated alkanes) is 51. The van der Waals surface area contributed by atoms with Gasteiger partial charge in [-0.2, -0.15) is 0 Å². The largest absolute Gasteiger partial charge is 0.0654 e. The van der Waals surface area contributed by atoms with Gasteiger partial charge in [0.2, 0.25) is 0 Å². The van der Waals surface area contributed by atoms with E-state index in [1.165, 1.54) is 366 Å². The smallest absolute Gasteiger partial charge is 0.0279 e. The van der Waals surface area contributed by atoms with Crippen molar-refractivity contribution in [1.29, 1.82) is 0 Å². The van der Waals surface area contributed by atoms with Gasteiger partial charge in [-0.15, -0.1) is 0 Å². The molecule has 0 nitrogen and oxygen atoms in total. The number of benzene rings is 1. The summed E-state index contributed by atoms with van der Waals surface area (Å²) in [6.45, 7) is 6.97. The fraction of sp³-hybridized carbons (Fsp3) is 0.909. The number of hydrogen-bond acceptors (Lipinski definition) is 0. The lowest BCUT2D eigenvalue weighted by atomic mass is 9.95. The average Bonchev–Trinajstić information content (AvgIpc) is 3.33. The van der Waals surface area contributed by atoms with E-state index in [1.807, 2.05) is 0 Å². The van der Waals surface area contributed by atoms with Gasteiger partial charge in [0.25, 0.3) is 0 Å². The average molecular weight is 920 g/mol. The Balaban J connectivity index is 1.91. The number of aryl methyl sites for hydroxylation is 3. The molecule has 0 amide bonds. The minimum absolute atomic E-state index is 1.27. The number of rotatable bonds is 57. The van der Waals surface area contributed by atoms with Gasteiger partial charge in [0, 0.05) is 0 Å². The van der Waals surface area contributed by atoms with E-state index in [0.717, 1.165) is 0 Å². The van der Waals surface area contributed by atoms with E-state index in [9.17, 15) is 0 Å². The predicted octanol–water partition coefficient (Wildman–Crippen LogP) is 24.4. The van der Waals surface area contributed by atoms with Crippen LogP contribution in [0.5, 0.6) is 0 Å². The Morgan fingerprint density at radius 2 is 0.273 bits per heavy atom. The lowest BCUT2D eigenvalue weighted by Crippen LogP contribution is -1.96. The van der Waals surface area contributed by atoms with Crippen LogP contribution in [0.25, 0.3) is 0 Å². The van der Waals surface area contributed by atoms with E-state index in [0.29, 0.717) is 0 Å². The Morgan fingerprint density at radius 1 is 0.152 bits per heavy atom. The number of hydrogen-bond donors (Lipinski definition) is 0. The monoisotopic (exact) mass is 919 g/mol. The van der Waals surface area contributed by atoms with E-state index in [1.54, 1.807) is 16.7 Å². The predicted molar refractivity (Wildman–Crippen MR) is 304 cm³/mol. The quantitative estimate of drug-likeness (QED) is 0.0571. The van der Waals surface area contributed by atoms with Crippen LogP contribution < -0.4 is 0 Å². The van der Waals surface area contributed by atoms with Crippen molar-refractivity contribution >= 4 is 0 Å². The van der Waals surface area contributed by atoms with Crippen molar-refractivity contribution in [1.82, 2.24) is 0 Å². The summed E-state index contributed by atoms with van der Waals surface area (Å²) >= 11 is 0. The molecule has 0 aliphatic rings. The maximum absolute atomic E-state index is 2.59. The molecule has 0 fully saturated rings. The molecule has 66 heavy (non-hydrogen) atoms. The zero-order chi connectivity index (χ0) is 47.2. The minimum atomic E-state index is 1.27. The van der Waals surface area contributed by atoms with Gasteiger partial charge in [-0.25, -0.2) is 0 Å². The zero-order valence-corrected chi connectivity index (χ0v) is 46.5. The first-order valence-electron chi connectivity index (χ1n) is 31.9. The lowest BCUT2D eigenvalue weighted by Gasteiger charge is -2.11. The molecular formula is C66H126. The van der Waals surface area contributed by atoms with Gasteiger partial charge in [-0.05, 0) is 55.2 Å². The van der Waals surface area contributed by atoms with E-state index in [2.05, 4.69) is 39.0 Å². The highest BCUT2D eigenvalue weighted by Crippen LogP contribution is 2.21. The highest BCUT2D eigenvalue weighted by molar-refractivity contribution is 5.30. The molecule has 0 atom stereocenters. The highest BCUT2D eigenvalue weighted by atomic mass is 14.1. The molecule has 0 saturated carbocycles. The first-order chi connectivity index (χ1) is 32.8. The summed E-state index contributed by atoms with van der Waals surface area (Å²) in [5, 5.41) is 0. The highest BCUT2D eigenvalue weighted by Gasteiger charge is 2.05. The fourth-order valence-corrected chi connectivity index (χ4v) is 10.9. The van der Waals surface area contributed by atoms with Crippen LogP contribution >= 0.6 is 0 Å². The van der Waals surface area contributed by atoms with Crippen molar-refractivity contribution in [2.75, 3.05) is 0 Å². The molecule has 390 valence electrons. The SMILES string of the molecule is CCCCCCCCCCCCCCCCCCCCCCCCCCCCc1cc(CCCC)cc(CCCCCCCCCCCCCCCCCCCCCCCCCCCC)c1. The second kappa shape index (κ2) is 55.2. The standard InChI is InChI=1S/C66H126/c1-4-7-10-12-14-16-18-20-22-24-26-28-30-32-34-36-38-40-42-44-46-48-50-52-54-56-59-65-61-64(58-9-6-3)62-66(63-65)60-57-55-53-51-49-47-45-43-41-39-37-35-33-31-29-27-25-23-21-19-17-15-13-11-8-5-2/h61-63H,4-60H2,1-3H3. The van der Waals surface area contributed by atoms with Crippen LogP contribution in [0.2, 0.25) is 0 Å². The van der Waals surface area contributed by atoms with Crippen LogP contribution in [-0.4, -0.2) is 0 Å². The molecule has 0 saturated heterocycles. The van der Waals surface area contributed by atoms with Crippen molar-refractivity contribution in [2.24, 2.45) is 0 Å². The Kier molecular flexibility index (Phi) is 52.8. The Morgan fingerprint density at radius 3 is 0.424 bits per heavy atom. The third-order valence-electron chi connectivity index (χ3n) is 15.6. The molecule has 0 radical (unpaired) electrons. The summed E-state index contributed by atoms with van der Waals surface area (Å²) in [6, 6.07) is 7.73. The first-order valence-corrected chi connectivity index (χ1v) is 31.9. The van der Waals surface area contributed by atoms with Crippen molar-refractivity contribution in [3.8, 4) is 0 Å². The van der Waals surface area contributed by atoms with E-state index in [-0.39, 0.29) is 0 Å².